The second-order valence-electron chi connectivity index (χ2n) is 7.42. The third-order valence-electron chi connectivity index (χ3n) is 6.29. The van der Waals surface area contributed by atoms with Gasteiger partial charge in [-0.25, -0.2) is 4.79 Å². The highest BCUT2D eigenvalue weighted by molar-refractivity contribution is 5.84. The molecule has 2 amide bonds. The van der Waals surface area contributed by atoms with E-state index < -0.39 is 11.1 Å². The zero-order valence-electron chi connectivity index (χ0n) is 15.5. The zero-order chi connectivity index (χ0) is 19.4. The number of carbonyl (C=O) groups excluding carboxylic acids is 1. The zero-order valence-corrected chi connectivity index (χ0v) is 15.5. The van der Waals surface area contributed by atoms with Crippen molar-refractivity contribution in [3.05, 3.63) is 72.5 Å². The maximum absolute atomic E-state index is 12.6. The molecule has 5 heteroatoms. The van der Waals surface area contributed by atoms with Crippen molar-refractivity contribution in [2.75, 3.05) is 7.05 Å². The van der Waals surface area contributed by atoms with Gasteiger partial charge in [0.25, 0.3) is 0 Å². The lowest BCUT2D eigenvalue weighted by Crippen LogP contribution is -2.58. The molecule has 2 aliphatic heterocycles. The van der Waals surface area contributed by atoms with Gasteiger partial charge < -0.3 is 15.2 Å². The number of benzene rings is 1. The smallest absolute Gasteiger partial charge is 0.322 e. The summed E-state index contributed by atoms with van der Waals surface area (Å²) < 4.78 is 6.55. The van der Waals surface area contributed by atoms with Gasteiger partial charge >= 0.3 is 6.03 Å². The van der Waals surface area contributed by atoms with Crippen molar-refractivity contribution in [1.82, 2.24) is 10.2 Å². The van der Waals surface area contributed by atoms with Crippen molar-refractivity contribution >= 4 is 6.03 Å². The number of carbonyl (C=O) groups is 1. The fourth-order valence-corrected chi connectivity index (χ4v) is 4.79. The van der Waals surface area contributed by atoms with Crippen molar-refractivity contribution in [2.24, 2.45) is 0 Å². The largest absolute Gasteiger partial charge is 0.508 e. The maximum atomic E-state index is 12.6. The van der Waals surface area contributed by atoms with Crippen molar-refractivity contribution in [1.29, 1.82) is 0 Å². The molecule has 1 saturated heterocycles. The number of allylic oxidation sites excluding steroid dienone is 4. The van der Waals surface area contributed by atoms with Crippen molar-refractivity contribution in [2.45, 2.75) is 36.8 Å². The van der Waals surface area contributed by atoms with E-state index in [1.165, 1.54) is 4.90 Å². The number of aromatic hydroxyl groups is 1. The molecular weight excluding hydrogens is 340 g/mol. The highest BCUT2D eigenvalue weighted by Crippen LogP contribution is 2.59. The van der Waals surface area contributed by atoms with E-state index in [-0.39, 0.29) is 11.8 Å². The minimum Gasteiger partial charge on any atom is -0.508 e. The number of hydrogen-bond donors (Lipinski definition) is 2. The molecular formula is C22H24N2O3. The second kappa shape index (κ2) is 5.78. The number of nitrogens with zero attached hydrogens (tertiary/aromatic N) is 1. The summed E-state index contributed by atoms with van der Waals surface area (Å²) in [5.41, 5.74) is 2.10. The molecule has 1 unspecified atom stereocenters. The summed E-state index contributed by atoms with van der Waals surface area (Å²) in [5, 5.41) is 13.3. The Morgan fingerprint density at radius 3 is 2.37 bits per heavy atom. The van der Waals surface area contributed by atoms with Crippen LogP contribution in [0.5, 0.6) is 11.5 Å². The summed E-state index contributed by atoms with van der Waals surface area (Å²) in [6.07, 6.45) is 6.66. The van der Waals surface area contributed by atoms with E-state index in [0.29, 0.717) is 24.3 Å². The number of fused-ring (bicyclic) bond motifs is 3. The first-order valence-corrected chi connectivity index (χ1v) is 9.13. The van der Waals surface area contributed by atoms with Gasteiger partial charge in [0, 0.05) is 18.3 Å². The Kier molecular flexibility index (Phi) is 3.74. The average molecular weight is 364 g/mol. The van der Waals surface area contributed by atoms with E-state index in [0.717, 1.165) is 29.6 Å². The predicted molar refractivity (Wildman–Crippen MR) is 104 cm³/mol. The number of nitrogens with one attached hydrogen (secondary N) is 1. The third-order valence-corrected chi connectivity index (χ3v) is 6.29. The van der Waals surface area contributed by atoms with Crippen LogP contribution in [0.3, 0.4) is 0 Å². The summed E-state index contributed by atoms with van der Waals surface area (Å²) in [5.74, 6) is 0.808. The quantitative estimate of drug-likeness (QED) is 0.829. The highest BCUT2D eigenvalue weighted by Gasteiger charge is 2.66. The van der Waals surface area contributed by atoms with Crippen LogP contribution < -0.4 is 10.1 Å². The lowest BCUT2D eigenvalue weighted by atomic mass is 9.70. The molecule has 2 heterocycles. The number of phenolic OH excluding ortho intramolecular Hbond substituents is 1. The van der Waals surface area contributed by atoms with Gasteiger partial charge in [-0.05, 0) is 55.0 Å². The van der Waals surface area contributed by atoms with Crippen LogP contribution in [0.15, 0.2) is 66.9 Å². The Hall–Kier alpha value is -2.95. The van der Waals surface area contributed by atoms with Gasteiger partial charge in [0.05, 0.1) is 0 Å². The van der Waals surface area contributed by atoms with Gasteiger partial charge in [-0.3, -0.25) is 4.90 Å². The Morgan fingerprint density at radius 1 is 1.22 bits per heavy atom. The molecule has 3 aliphatic rings. The van der Waals surface area contributed by atoms with Crippen LogP contribution in [0.4, 0.5) is 4.79 Å². The van der Waals surface area contributed by atoms with Gasteiger partial charge in [-0.15, -0.1) is 0 Å². The lowest BCUT2D eigenvalue weighted by molar-refractivity contribution is 0.0110. The number of ether oxygens (including phenoxy) is 1. The molecule has 1 aromatic carbocycles. The lowest BCUT2D eigenvalue weighted by Gasteiger charge is -2.42. The van der Waals surface area contributed by atoms with Crippen LogP contribution in [0.1, 0.15) is 31.2 Å². The van der Waals surface area contributed by atoms with E-state index >= 15 is 0 Å². The summed E-state index contributed by atoms with van der Waals surface area (Å²) in [6, 6.07) is 4.83. The van der Waals surface area contributed by atoms with Gasteiger partial charge in [0.15, 0.2) is 5.54 Å². The van der Waals surface area contributed by atoms with Gasteiger partial charge in [0.2, 0.25) is 0 Å². The van der Waals surface area contributed by atoms with Crippen LogP contribution in [-0.2, 0) is 5.54 Å². The van der Waals surface area contributed by atoms with Crippen LogP contribution in [0.25, 0.3) is 0 Å². The summed E-state index contributed by atoms with van der Waals surface area (Å²) >= 11 is 0. The average Bonchev–Trinajstić information content (AvgIpc) is 2.95. The molecule has 0 saturated carbocycles. The first kappa shape index (κ1) is 17.5. The van der Waals surface area contributed by atoms with E-state index in [1.54, 1.807) is 25.2 Å². The van der Waals surface area contributed by atoms with Crippen LogP contribution in [0.2, 0.25) is 0 Å². The number of amides is 2. The van der Waals surface area contributed by atoms with Gasteiger partial charge in [0.1, 0.15) is 17.1 Å². The molecule has 2 spiro atoms. The van der Waals surface area contributed by atoms with E-state index in [2.05, 4.69) is 25.1 Å². The van der Waals surface area contributed by atoms with E-state index in [4.69, 9.17) is 4.74 Å². The van der Waals surface area contributed by atoms with Crippen molar-refractivity contribution < 1.29 is 14.6 Å². The van der Waals surface area contributed by atoms with Crippen LogP contribution in [-0.4, -0.2) is 28.7 Å². The maximum Gasteiger partial charge on any atom is 0.322 e. The molecule has 4 rings (SSSR count). The first-order chi connectivity index (χ1) is 12.9. The third kappa shape index (κ3) is 2.14. The molecule has 1 aromatic rings. The predicted octanol–water partition coefficient (Wildman–Crippen LogP) is 4.13. The Morgan fingerprint density at radius 2 is 1.85 bits per heavy atom. The SMILES string of the molecule is C=CC1=C(C=C)CCC2(CC1)Oc1ccc(O)cc1C21NC(=O)N(C)C1=C. The van der Waals surface area contributed by atoms with Crippen LogP contribution >= 0.6 is 0 Å². The summed E-state index contributed by atoms with van der Waals surface area (Å²) in [6.45, 7) is 12.1. The van der Waals surface area contributed by atoms with E-state index in [1.807, 2.05) is 12.2 Å². The Labute approximate surface area is 159 Å². The Bertz CT molecular complexity index is 892. The van der Waals surface area contributed by atoms with Crippen molar-refractivity contribution in [3.63, 3.8) is 0 Å². The fraction of sp³-hybridized carbons (Fsp3) is 0.318. The molecule has 140 valence electrons. The summed E-state index contributed by atoms with van der Waals surface area (Å²) in [7, 11) is 1.71. The topological polar surface area (TPSA) is 61.8 Å². The fourth-order valence-electron chi connectivity index (χ4n) is 4.79. The first-order valence-electron chi connectivity index (χ1n) is 9.13. The molecule has 5 nitrogen and oxygen atoms in total. The minimum absolute atomic E-state index is 0.135. The van der Waals surface area contributed by atoms with Crippen molar-refractivity contribution in [3.8, 4) is 11.5 Å². The standard InChI is InChI=1S/C22H24N2O3/c1-5-15-9-11-21(12-10-16(15)6-2)22(14(3)24(4)20(26)23-22)18-13-17(25)7-8-19(18)27-21/h5-8,13,25H,1-3,9-12H2,4H3,(H,23,26). The molecule has 0 radical (unpaired) electrons. The highest BCUT2D eigenvalue weighted by atomic mass is 16.5. The molecule has 1 aliphatic carbocycles. The summed E-state index contributed by atoms with van der Waals surface area (Å²) in [4.78, 5) is 14.1. The van der Waals surface area contributed by atoms with Gasteiger partial charge in [-0.1, -0.05) is 31.9 Å². The minimum atomic E-state index is -0.907. The molecule has 2 N–H and O–H groups in total. The molecule has 1 fully saturated rings. The van der Waals surface area contributed by atoms with Gasteiger partial charge in [-0.2, -0.15) is 0 Å². The normalized spacial score (nSPS) is 26.0. The van der Waals surface area contributed by atoms with E-state index in [9.17, 15) is 9.90 Å². The van der Waals surface area contributed by atoms with Crippen LogP contribution in [0, 0.1) is 0 Å². The molecule has 0 aromatic heterocycles. The number of hydrogen-bond acceptors (Lipinski definition) is 3. The molecule has 1 atom stereocenters. The number of phenols is 1. The number of likely N-dealkylation sites (N-methyl/N-ethyl adjacent to an activating group) is 1. The number of urea groups is 1. The molecule has 27 heavy (non-hydrogen) atoms. The second-order valence-corrected chi connectivity index (χ2v) is 7.42. The monoisotopic (exact) mass is 364 g/mol. The molecule has 0 bridgehead atoms. The number of rotatable bonds is 2. The Balaban J connectivity index is 1.89.